The summed E-state index contributed by atoms with van der Waals surface area (Å²) in [5.41, 5.74) is 0. The normalized spacial score (nSPS) is 15.4. The van der Waals surface area contributed by atoms with E-state index < -0.39 is 0 Å². The van der Waals surface area contributed by atoms with E-state index in [1.54, 1.807) is 23.2 Å². The van der Waals surface area contributed by atoms with Crippen LogP contribution in [0.2, 0.25) is 0 Å². The Bertz CT molecular complexity index is 347. The molecule has 1 aliphatic heterocycles. The largest absolute Gasteiger partial charge is 0.416 e. The van der Waals surface area contributed by atoms with Crippen LogP contribution in [0.5, 0.6) is 5.88 Å². The fourth-order valence-electron chi connectivity index (χ4n) is 1.48. The number of amides is 1. The van der Waals surface area contributed by atoms with Gasteiger partial charge in [-0.3, -0.25) is 0 Å². The molecule has 0 spiro atoms. The van der Waals surface area contributed by atoms with Crippen molar-refractivity contribution in [3.8, 4) is 5.88 Å². The van der Waals surface area contributed by atoms with Crippen molar-refractivity contribution in [2.45, 2.75) is 12.8 Å². The predicted octanol–water partition coefficient (Wildman–Crippen LogP) is 2.44. The summed E-state index contributed by atoms with van der Waals surface area (Å²) in [5, 5.41) is 0. The molecule has 0 aliphatic carbocycles. The lowest BCUT2D eigenvalue weighted by Crippen LogP contribution is -2.30. The van der Waals surface area contributed by atoms with E-state index in [0.29, 0.717) is 5.88 Å². The Morgan fingerprint density at radius 1 is 1.40 bits per heavy atom. The Morgan fingerprint density at radius 2 is 2.13 bits per heavy atom. The number of hydrogen-bond donors (Lipinski definition) is 0. The van der Waals surface area contributed by atoms with Crippen molar-refractivity contribution >= 4 is 22.0 Å². The number of nitrogens with zero attached hydrogens (tertiary/aromatic N) is 2. The fourth-order valence-corrected chi connectivity index (χ4v) is 1.71. The van der Waals surface area contributed by atoms with Crippen molar-refractivity contribution in [2.75, 3.05) is 13.1 Å². The summed E-state index contributed by atoms with van der Waals surface area (Å²) < 4.78 is 5.97. The first-order valence-corrected chi connectivity index (χ1v) is 5.63. The molecule has 1 aromatic rings. The summed E-state index contributed by atoms with van der Waals surface area (Å²) in [6.45, 7) is 1.57. The number of aromatic nitrogens is 1. The highest BCUT2D eigenvalue weighted by Gasteiger charge is 2.19. The molecular weight excluding hydrogens is 260 g/mol. The van der Waals surface area contributed by atoms with Crippen molar-refractivity contribution in [2.24, 2.45) is 0 Å². The molecule has 5 heteroatoms. The van der Waals surface area contributed by atoms with Crippen LogP contribution in [0.15, 0.2) is 22.8 Å². The molecule has 1 aromatic heterocycles. The van der Waals surface area contributed by atoms with Crippen LogP contribution in [0.1, 0.15) is 12.8 Å². The van der Waals surface area contributed by atoms with Crippen LogP contribution < -0.4 is 4.74 Å². The Morgan fingerprint density at radius 3 is 2.73 bits per heavy atom. The Balaban J connectivity index is 1.96. The summed E-state index contributed by atoms with van der Waals surface area (Å²) >= 11 is 3.26. The highest BCUT2D eigenvalue weighted by molar-refractivity contribution is 9.10. The number of carbonyl (C=O) groups is 1. The van der Waals surface area contributed by atoms with E-state index in [1.807, 2.05) is 0 Å². The van der Waals surface area contributed by atoms with Gasteiger partial charge in [-0.25, -0.2) is 9.78 Å². The standard InChI is InChI=1S/C10H11BrN2O2/c11-8-3-4-9(12-7-8)15-10(14)13-5-1-2-6-13/h3-4,7H,1-2,5-6H2. The summed E-state index contributed by atoms with van der Waals surface area (Å²) in [4.78, 5) is 17.2. The van der Waals surface area contributed by atoms with Crippen LogP contribution in [-0.4, -0.2) is 29.1 Å². The average molecular weight is 271 g/mol. The van der Waals surface area contributed by atoms with Gasteiger partial charge in [-0.15, -0.1) is 0 Å². The Labute approximate surface area is 96.4 Å². The maximum Gasteiger partial charge on any atom is 0.416 e. The molecule has 4 nitrogen and oxygen atoms in total. The Hall–Kier alpha value is -1.10. The van der Waals surface area contributed by atoms with Crippen LogP contribution in [0.4, 0.5) is 4.79 Å². The second kappa shape index (κ2) is 4.61. The lowest BCUT2D eigenvalue weighted by Gasteiger charge is -2.13. The molecule has 0 atom stereocenters. The van der Waals surface area contributed by atoms with Gasteiger partial charge < -0.3 is 9.64 Å². The van der Waals surface area contributed by atoms with Crippen LogP contribution >= 0.6 is 15.9 Å². The third kappa shape index (κ3) is 2.68. The van der Waals surface area contributed by atoms with Gasteiger partial charge in [0.2, 0.25) is 5.88 Å². The summed E-state index contributed by atoms with van der Waals surface area (Å²) in [6.07, 6.45) is 3.42. The molecule has 0 radical (unpaired) electrons. The van der Waals surface area contributed by atoms with E-state index >= 15 is 0 Å². The number of pyridine rings is 1. The lowest BCUT2D eigenvalue weighted by atomic mass is 10.4. The number of hydrogen-bond acceptors (Lipinski definition) is 3. The highest BCUT2D eigenvalue weighted by atomic mass is 79.9. The average Bonchev–Trinajstić information content (AvgIpc) is 2.74. The number of carbonyl (C=O) groups excluding carboxylic acids is 1. The SMILES string of the molecule is O=C(Oc1ccc(Br)cn1)N1CCCC1. The van der Waals surface area contributed by atoms with E-state index in [0.717, 1.165) is 30.4 Å². The van der Waals surface area contributed by atoms with Gasteiger partial charge in [-0.1, -0.05) is 0 Å². The van der Waals surface area contributed by atoms with Crippen molar-refractivity contribution in [3.63, 3.8) is 0 Å². The first-order valence-electron chi connectivity index (χ1n) is 4.84. The van der Waals surface area contributed by atoms with E-state index in [9.17, 15) is 4.79 Å². The van der Waals surface area contributed by atoms with E-state index in [1.165, 1.54) is 0 Å². The van der Waals surface area contributed by atoms with Crippen LogP contribution in [0.25, 0.3) is 0 Å². The van der Waals surface area contributed by atoms with E-state index in [-0.39, 0.29) is 6.09 Å². The molecule has 80 valence electrons. The number of rotatable bonds is 1. The molecule has 2 rings (SSSR count). The zero-order valence-electron chi connectivity index (χ0n) is 8.15. The monoisotopic (exact) mass is 270 g/mol. The van der Waals surface area contributed by atoms with Crippen molar-refractivity contribution in [3.05, 3.63) is 22.8 Å². The van der Waals surface area contributed by atoms with E-state index in [2.05, 4.69) is 20.9 Å². The van der Waals surface area contributed by atoms with Crippen LogP contribution in [0.3, 0.4) is 0 Å². The van der Waals surface area contributed by atoms with Gasteiger partial charge in [0.25, 0.3) is 0 Å². The minimum Gasteiger partial charge on any atom is -0.391 e. The smallest absolute Gasteiger partial charge is 0.391 e. The molecule has 1 saturated heterocycles. The minimum atomic E-state index is -0.303. The number of halogens is 1. The third-order valence-corrected chi connectivity index (χ3v) is 2.73. The van der Waals surface area contributed by atoms with Gasteiger partial charge in [0.15, 0.2) is 0 Å². The van der Waals surface area contributed by atoms with Crippen LogP contribution in [0, 0.1) is 0 Å². The third-order valence-electron chi connectivity index (χ3n) is 2.26. The maximum absolute atomic E-state index is 11.6. The van der Waals surface area contributed by atoms with Gasteiger partial charge in [0.05, 0.1) is 0 Å². The molecule has 0 unspecified atom stereocenters. The molecule has 1 amide bonds. The Kier molecular flexibility index (Phi) is 3.20. The topological polar surface area (TPSA) is 42.4 Å². The first-order chi connectivity index (χ1) is 7.25. The zero-order valence-corrected chi connectivity index (χ0v) is 9.74. The van der Waals surface area contributed by atoms with Crippen LogP contribution in [-0.2, 0) is 0 Å². The van der Waals surface area contributed by atoms with Gasteiger partial charge in [0, 0.05) is 29.8 Å². The second-order valence-corrected chi connectivity index (χ2v) is 4.29. The second-order valence-electron chi connectivity index (χ2n) is 3.38. The number of likely N-dealkylation sites (tertiary alicyclic amines) is 1. The van der Waals surface area contributed by atoms with E-state index in [4.69, 9.17) is 4.74 Å². The fraction of sp³-hybridized carbons (Fsp3) is 0.400. The lowest BCUT2D eigenvalue weighted by molar-refractivity contribution is 0.161. The molecule has 15 heavy (non-hydrogen) atoms. The first kappa shape index (κ1) is 10.4. The van der Waals surface area contributed by atoms with Crippen molar-refractivity contribution in [1.29, 1.82) is 0 Å². The zero-order chi connectivity index (χ0) is 10.7. The predicted molar refractivity (Wildman–Crippen MR) is 58.8 cm³/mol. The van der Waals surface area contributed by atoms with Crippen molar-refractivity contribution < 1.29 is 9.53 Å². The van der Waals surface area contributed by atoms with Gasteiger partial charge in [0.1, 0.15) is 0 Å². The summed E-state index contributed by atoms with van der Waals surface area (Å²) in [5.74, 6) is 0.343. The maximum atomic E-state index is 11.6. The molecular formula is C10H11BrN2O2. The molecule has 0 saturated carbocycles. The summed E-state index contributed by atoms with van der Waals surface area (Å²) in [6, 6.07) is 3.46. The molecule has 0 bridgehead atoms. The van der Waals surface area contributed by atoms with Crippen molar-refractivity contribution in [1.82, 2.24) is 9.88 Å². The van der Waals surface area contributed by atoms with Gasteiger partial charge >= 0.3 is 6.09 Å². The van der Waals surface area contributed by atoms with Gasteiger partial charge in [-0.05, 0) is 34.8 Å². The van der Waals surface area contributed by atoms with Gasteiger partial charge in [-0.2, -0.15) is 0 Å². The minimum absolute atomic E-state index is 0.303. The quantitative estimate of drug-likeness (QED) is 0.787. The molecule has 0 aromatic carbocycles. The highest BCUT2D eigenvalue weighted by Crippen LogP contribution is 2.14. The molecule has 2 heterocycles. The molecule has 1 aliphatic rings. The summed E-state index contributed by atoms with van der Waals surface area (Å²) in [7, 11) is 0. The molecule has 1 fully saturated rings. The molecule has 0 N–H and O–H groups in total. The number of ether oxygens (including phenoxy) is 1.